The summed E-state index contributed by atoms with van der Waals surface area (Å²) in [6.45, 7) is 1.30. The normalized spacial score (nSPS) is 11.0. The van der Waals surface area contributed by atoms with Crippen molar-refractivity contribution in [3.8, 4) is 0 Å². The molecule has 0 fully saturated rings. The number of fused-ring (bicyclic) bond motifs is 1. The van der Waals surface area contributed by atoms with Gasteiger partial charge in [-0.3, -0.25) is 4.79 Å². The number of nitrogens with zero attached hydrogens (tertiary/aromatic N) is 2. The molecule has 2 N–H and O–H groups in total. The first-order chi connectivity index (χ1) is 10.7. The summed E-state index contributed by atoms with van der Waals surface area (Å²) in [4.78, 5) is 18.9. The van der Waals surface area contributed by atoms with Gasteiger partial charge in [-0.15, -0.1) is 0 Å². The van der Waals surface area contributed by atoms with Gasteiger partial charge in [0.25, 0.3) is 0 Å². The Labute approximate surface area is 136 Å². The Bertz CT molecular complexity index is 764. The SMILES string of the molecule is O=C(CCn1ccc2ccc(Br)cc21)NCCc1cnc[nH]1. The Morgan fingerprint density at radius 3 is 3.09 bits per heavy atom. The number of halogens is 1. The van der Waals surface area contributed by atoms with Crippen LogP contribution in [0.15, 0.2) is 47.5 Å². The molecule has 22 heavy (non-hydrogen) atoms. The fourth-order valence-electron chi connectivity index (χ4n) is 2.42. The number of aryl methyl sites for hydroxylation is 1. The van der Waals surface area contributed by atoms with Crippen LogP contribution in [-0.4, -0.2) is 27.0 Å². The number of amides is 1. The van der Waals surface area contributed by atoms with Crippen LogP contribution in [0.2, 0.25) is 0 Å². The minimum absolute atomic E-state index is 0.0661. The molecule has 0 aliphatic rings. The Morgan fingerprint density at radius 1 is 1.36 bits per heavy atom. The van der Waals surface area contributed by atoms with Crippen LogP contribution in [0.1, 0.15) is 12.1 Å². The van der Waals surface area contributed by atoms with Crippen molar-refractivity contribution in [2.75, 3.05) is 6.54 Å². The Morgan fingerprint density at radius 2 is 2.27 bits per heavy atom. The number of hydrogen-bond acceptors (Lipinski definition) is 2. The van der Waals surface area contributed by atoms with E-state index in [2.05, 4.69) is 54.0 Å². The van der Waals surface area contributed by atoms with E-state index in [1.165, 1.54) is 5.39 Å². The number of aromatic amines is 1. The second kappa shape index (κ2) is 6.79. The molecule has 0 spiro atoms. The number of aromatic nitrogens is 3. The maximum absolute atomic E-state index is 11.9. The highest BCUT2D eigenvalue weighted by molar-refractivity contribution is 9.10. The zero-order chi connectivity index (χ0) is 15.4. The maximum Gasteiger partial charge on any atom is 0.221 e. The number of imidazole rings is 1. The van der Waals surface area contributed by atoms with E-state index in [9.17, 15) is 4.79 Å². The molecule has 0 saturated carbocycles. The van der Waals surface area contributed by atoms with Gasteiger partial charge >= 0.3 is 0 Å². The molecule has 3 aromatic rings. The first-order valence-corrected chi connectivity index (χ1v) is 8.00. The predicted molar refractivity (Wildman–Crippen MR) is 89.6 cm³/mol. The third-order valence-corrected chi connectivity index (χ3v) is 4.08. The van der Waals surface area contributed by atoms with Gasteiger partial charge in [0.2, 0.25) is 5.91 Å². The average molecular weight is 361 g/mol. The van der Waals surface area contributed by atoms with Crippen molar-refractivity contribution in [2.45, 2.75) is 19.4 Å². The van der Waals surface area contributed by atoms with Crippen LogP contribution in [0, 0.1) is 0 Å². The molecular weight excluding hydrogens is 344 g/mol. The molecule has 1 aromatic carbocycles. The standard InChI is InChI=1S/C16H17BrN4O/c17-13-2-1-12-4-7-21(15(12)9-13)8-5-16(22)19-6-3-14-10-18-11-20-14/h1-2,4,7,9-11H,3,5-6,8H2,(H,18,20)(H,19,22). The van der Waals surface area contributed by atoms with Crippen LogP contribution >= 0.6 is 15.9 Å². The number of H-pyrrole nitrogens is 1. The number of nitrogens with one attached hydrogen (secondary N) is 2. The smallest absolute Gasteiger partial charge is 0.221 e. The Hall–Kier alpha value is -2.08. The van der Waals surface area contributed by atoms with Crippen LogP contribution in [0.4, 0.5) is 0 Å². The molecule has 114 valence electrons. The highest BCUT2D eigenvalue weighted by atomic mass is 79.9. The number of rotatable bonds is 6. The molecule has 1 amide bonds. The van der Waals surface area contributed by atoms with Gasteiger partial charge in [-0.25, -0.2) is 4.98 Å². The van der Waals surface area contributed by atoms with Crippen molar-refractivity contribution < 1.29 is 4.79 Å². The summed E-state index contributed by atoms with van der Waals surface area (Å²) < 4.78 is 3.15. The Balaban J connectivity index is 1.50. The maximum atomic E-state index is 11.9. The highest BCUT2D eigenvalue weighted by Gasteiger charge is 2.05. The second-order valence-electron chi connectivity index (χ2n) is 5.14. The van der Waals surface area contributed by atoms with E-state index in [1.807, 2.05) is 12.3 Å². The molecule has 2 aromatic heterocycles. The van der Waals surface area contributed by atoms with Crippen LogP contribution < -0.4 is 5.32 Å². The fraction of sp³-hybridized carbons (Fsp3) is 0.250. The summed E-state index contributed by atoms with van der Waals surface area (Å²) in [5.41, 5.74) is 2.17. The van der Waals surface area contributed by atoms with Gasteiger partial charge in [0.15, 0.2) is 0 Å². The monoisotopic (exact) mass is 360 g/mol. The summed E-state index contributed by atoms with van der Waals surface area (Å²) in [5, 5.41) is 4.12. The minimum atomic E-state index is 0.0661. The van der Waals surface area contributed by atoms with Gasteiger partial charge in [-0.05, 0) is 23.6 Å². The largest absolute Gasteiger partial charge is 0.356 e. The lowest BCUT2D eigenvalue weighted by molar-refractivity contribution is -0.121. The van der Waals surface area contributed by atoms with Crippen molar-refractivity contribution in [2.24, 2.45) is 0 Å². The number of hydrogen-bond donors (Lipinski definition) is 2. The van der Waals surface area contributed by atoms with E-state index in [-0.39, 0.29) is 5.91 Å². The van der Waals surface area contributed by atoms with E-state index < -0.39 is 0 Å². The van der Waals surface area contributed by atoms with Crippen LogP contribution in [0.3, 0.4) is 0 Å². The number of carbonyl (C=O) groups is 1. The molecule has 2 heterocycles. The summed E-state index contributed by atoms with van der Waals surface area (Å²) in [7, 11) is 0. The zero-order valence-corrected chi connectivity index (χ0v) is 13.6. The van der Waals surface area contributed by atoms with Crippen molar-refractivity contribution in [3.05, 3.63) is 53.2 Å². The third-order valence-electron chi connectivity index (χ3n) is 3.59. The zero-order valence-electron chi connectivity index (χ0n) is 12.1. The van der Waals surface area contributed by atoms with Crippen molar-refractivity contribution in [1.29, 1.82) is 0 Å². The lowest BCUT2D eigenvalue weighted by Crippen LogP contribution is -2.26. The molecule has 3 rings (SSSR count). The van der Waals surface area contributed by atoms with Crippen LogP contribution in [0.5, 0.6) is 0 Å². The molecular formula is C16H17BrN4O. The molecule has 6 heteroatoms. The molecule has 0 unspecified atom stereocenters. The predicted octanol–water partition coefficient (Wildman–Crippen LogP) is 2.88. The molecule has 5 nitrogen and oxygen atoms in total. The van der Waals surface area contributed by atoms with E-state index in [1.54, 1.807) is 12.5 Å². The second-order valence-corrected chi connectivity index (χ2v) is 6.05. The molecule has 0 saturated heterocycles. The lowest BCUT2D eigenvalue weighted by Gasteiger charge is -2.07. The fourth-order valence-corrected chi connectivity index (χ4v) is 2.77. The number of benzene rings is 1. The Kier molecular flexibility index (Phi) is 4.58. The van der Waals surface area contributed by atoms with E-state index in [4.69, 9.17) is 0 Å². The minimum Gasteiger partial charge on any atom is -0.356 e. The number of carbonyl (C=O) groups excluding carboxylic acids is 1. The topological polar surface area (TPSA) is 62.7 Å². The van der Waals surface area contributed by atoms with Gasteiger partial charge in [-0.2, -0.15) is 0 Å². The summed E-state index contributed by atoms with van der Waals surface area (Å²) in [5.74, 6) is 0.0661. The van der Waals surface area contributed by atoms with Crippen LogP contribution in [0.25, 0.3) is 10.9 Å². The first kappa shape index (κ1) is 14.8. The van der Waals surface area contributed by atoms with E-state index in [0.29, 0.717) is 19.5 Å². The van der Waals surface area contributed by atoms with E-state index in [0.717, 1.165) is 22.1 Å². The van der Waals surface area contributed by atoms with Crippen molar-refractivity contribution in [3.63, 3.8) is 0 Å². The van der Waals surface area contributed by atoms with E-state index >= 15 is 0 Å². The molecule has 0 bridgehead atoms. The van der Waals surface area contributed by atoms with Crippen molar-refractivity contribution in [1.82, 2.24) is 19.9 Å². The van der Waals surface area contributed by atoms with Crippen molar-refractivity contribution >= 4 is 32.7 Å². The lowest BCUT2D eigenvalue weighted by atomic mass is 10.2. The van der Waals surface area contributed by atoms with Gasteiger partial charge in [0.05, 0.1) is 6.33 Å². The summed E-state index contributed by atoms with van der Waals surface area (Å²) >= 11 is 3.48. The third kappa shape index (κ3) is 3.57. The van der Waals surface area contributed by atoms with Gasteiger partial charge < -0.3 is 14.9 Å². The quantitative estimate of drug-likeness (QED) is 0.709. The molecule has 0 radical (unpaired) electrons. The van der Waals surface area contributed by atoms with Gasteiger partial charge in [0.1, 0.15) is 0 Å². The first-order valence-electron chi connectivity index (χ1n) is 7.21. The molecule has 0 atom stereocenters. The molecule has 0 aliphatic carbocycles. The van der Waals surface area contributed by atoms with Crippen LogP contribution in [-0.2, 0) is 17.8 Å². The highest BCUT2D eigenvalue weighted by Crippen LogP contribution is 2.21. The molecule has 0 aliphatic heterocycles. The summed E-state index contributed by atoms with van der Waals surface area (Å²) in [6, 6.07) is 8.23. The van der Waals surface area contributed by atoms with Gasteiger partial charge in [-0.1, -0.05) is 22.0 Å². The average Bonchev–Trinajstić information content (AvgIpc) is 3.14. The summed E-state index contributed by atoms with van der Waals surface area (Å²) in [6.07, 6.45) is 6.68. The van der Waals surface area contributed by atoms with Gasteiger partial charge in [0, 0.05) is 54.0 Å².